The number of aromatic nitrogens is 1. The number of rotatable bonds is 7. The number of hydrogen-bond donors (Lipinski definition) is 0. The van der Waals surface area contributed by atoms with Crippen LogP contribution < -0.4 is 0 Å². The maximum Gasteiger partial charge on any atom is 0.277 e. The van der Waals surface area contributed by atoms with Crippen LogP contribution in [0.25, 0.3) is 22.2 Å². The van der Waals surface area contributed by atoms with Crippen LogP contribution in [0.4, 0.5) is 4.39 Å². The number of fused-ring (bicyclic) bond motifs is 1. The summed E-state index contributed by atoms with van der Waals surface area (Å²) in [5.41, 5.74) is 2.66. The average Bonchev–Trinajstić information content (AvgIpc) is 3.51. The Morgan fingerprint density at radius 2 is 1.94 bits per heavy atom. The molecule has 0 aliphatic carbocycles. The Hall–Kier alpha value is -3.36. The van der Waals surface area contributed by atoms with Gasteiger partial charge in [0.2, 0.25) is 5.09 Å². The quantitative estimate of drug-likeness (QED) is 0.374. The Balaban J connectivity index is 1.30. The molecule has 4 aromatic rings. The highest BCUT2D eigenvalue weighted by Gasteiger charge is 2.40. The first-order valence-corrected chi connectivity index (χ1v) is 12.6. The molecule has 174 valence electrons. The van der Waals surface area contributed by atoms with Crippen LogP contribution in [0.2, 0.25) is 0 Å². The van der Waals surface area contributed by atoms with Gasteiger partial charge in [0.25, 0.3) is 10.0 Å². The van der Waals surface area contributed by atoms with Gasteiger partial charge < -0.3 is 4.42 Å². The maximum absolute atomic E-state index is 13.6. The first kappa shape index (κ1) is 22.4. The van der Waals surface area contributed by atoms with Crippen LogP contribution in [0.3, 0.4) is 0 Å². The smallest absolute Gasteiger partial charge is 0.277 e. The Bertz CT molecular complexity index is 1430. The number of para-hydroxylation sites is 1. The number of pyridine rings is 1. The zero-order valence-electron chi connectivity index (χ0n) is 18.4. The number of nitrogens with zero attached hydrogens (tertiary/aromatic N) is 2. The zero-order chi connectivity index (χ0) is 23.7. The van der Waals surface area contributed by atoms with E-state index in [2.05, 4.69) is 4.98 Å². The minimum absolute atomic E-state index is 0.124. The third kappa shape index (κ3) is 4.38. The van der Waals surface area contributed by atoms with Gasteiger partial charge in [0, 0.05) is 36.2 Å². The molecule has 8 heteroatoms. The van der Waals surface area contributed by atoms with Crippen molar-refractivity contribution in [3.63, 3.8) is 0 Å². The highest BCUT2D eigenvalue weighted by atomic mass is 32.2. The summed E-state index contributed by atoms with van der Waals surface area (Å²) in [6.45, 7) is 0.286. The average molecular weight is 479 g/mol. The van der Waals surface area contributed by atoms with E-state index in [1.165, 1.54) is 22.5 Å². The number of carbonyl (C=O) groups excluding carboxylic acids is 1. The minimum Gasteiger partial charge on any atom is -0.443 e. The Labute approximate surface area is 197 Å². The second kappa shape index (κ2) is 9.12. The lowest BCUT2D eigenvalue weighted by atomic mass is 10.0. The Morgan fingerprint density at radius 1 is 1.09 bits per heavy atom. The summed E-state index contributed by atoms with van der Waals surface area (Å²) < 4.78 is 47.0. The van der Waals surface area contributed by atoms with Crippen molar-refractivity contribution >= 4 is 26.8 Å². The van der Waals surface area contributed by atoms with Crippen LogP contribution in [-0.2, 0) is 21.2 Å². The molecular weight excluding hydrogens is 455 g/mol. The molecule has 1 atom stereocenters. The van der Waals surface area contributed by atoms with E-state index in [4.69, 9.17) is 4.42 Å². The van der Waals surface area contributed by atoms with Crippen molar-refractivity contribution in [1.82, 2.24) is 9.29 Å². The van der Waals surface area contributed by atoms with Crippen molar-refractivity contribution in [2.24, 2.45) is 0 Å². The van der Waals surface area contributed by atoms with E-state index in [1.54, 1.807) is 36.5 Å². The van der Waals surface area contributed by atoms with Crippen LogP contribution in [0.15, 0.2) is 82.4 Å². The van der Waals surface area contributed by atoms with Gasteiger partial charge in [-0.2, -0.15) is 4.31 Å². The number of hydrogen-bond acceptors (Lipinski definition) is 5. The van der Waals surface area contributed by atoms with Crippen molar-refractivity contribution in [3.8, 4) is 11.3 Å². The van der Waals surface area contributed by atoms with Crippen LogP contribution in [-0.4, -0.2) is 36.1 Å². The number of aryl methyl sites for hydroxylation is 1. The number of sulfonamides is 1. The molecule has 0 spiro atoms. The highest BCUT2D eigenvalue weighted by molar-refractivity contribution is 7.89. The zero-order valence-corrected chi connectivity index (χ0v) is 19.2. The second-order valence-electron chi connectivity index (χ2n) is 8.40. The fourth-order valence-corrected chi connectivity index (χ4v) is 6.05. The molecule has 2 aromatic heterocycles. The molecule has 1 saturated heterocycles. The number of Topliss-reactive ketones (excluding diaryl/α,β-unsaturated/α-hetero) is 1. The van der Waals surface area contributed by atoms with Gasteiger partial charge >= 0.3 is 0 Å². The fourth-order valence-electron chi connectivity index (χ4n) is 4.42. The summed E-state index contributed by atoms with van der Waals surface area (Å²) in [7, 11) is -3.92. The molecule has 0 radical (unpaired) electrons. The summed E-state index contributed by atoms with van der Waals surface area (Å²) in [6.07, 6.45) is 3.38. The summed E-state index contributed by atoms with van der Waals surface area (Å²) in [4.78, 5) is 17.4. The number of benzene rings is 2. The first-order chi connectivity index (χ1) is 16.4. The van der Waals surface area contributed by atoms with E-state index in [1.807, 2.05) is 18.2 Å². The topological polar surface area (TPSA) is 80.5 Å². The van der Waals surface area contributed by atoms with E-state index in [0.717, 1.165) is 5.56 Å². The third-order valence-corrected chi connectivity index (χ3v) is 7.91. The molecule has 0 N–H and O–H groups in total. The van der Waals surface area contributed by atoms with E-state index >= 15 is 0 Å². The molecule has 3 heterocycles. The monoisotopic (exact) mass is 478 g/mol. The van der Waals surface area contributed by atoms with Crippen molar-refractivity contribution in [3.05, 3.63) is 84.3 Å². The molecule has 0 amide bonds. The molecule has 0 unspecified atom stereocenters. The second-order valence-corrected chi connectivity index (χ2v) is 10.2. The number of furan rings is 1. The summed E-state index contributed by atoms with van der Waals surface area (Å²) in [5.74, 6) is -0.465. The lowest BCUT2D eigenvalue weighted by molar-refractivity contribution is -0.122. The lowest BCUT2D eigenvalue weighted by Gasteiger charge is -2.21. The Kier molecular flexibility index (Phi) is 6.02. The highest BCUT2D eigenvalue weighted by Crippen LogP contribution is 2.31. The van der Waals surface area contributed by atoms with E-state index in [9.17, 15) is 17.6 Å². The minimum atomic E-state index is -3.92. The fraction of sp³-hybridized carbons (Fsp3) is 0.231. The largest absolute Gasteiger partial charge is 0.443 e. The SMILES string of the molecule is O=C(CCc1ccnc(-c2cccc(F)c2)c1)[C@@H]1CCCN1S(=O)(=O)c1cc2ccccc2o1. The molecule has 6 nitrogen and oxygen atoms in total. The van der Waals surface area contributed by atoms with E-state index < -0.39 is 16.1 Å². The Morgan fingerprint density at radius 3 is 2.76 bits per heavy atom. The molecule has 1 aliphatic rings. The molecule has 5 rings (SSSR count). The predicted octanol–water partition coefficient (Wildman–Crippen LogP) is 4.99. The number of carbonyl (C=O) groups is 1. The normalized spacial score (nSPS) is 16.8. The first-order valence-electron chi connectivity index (χ1n) is 11.2. The van der Waals surface area contributed by atoms with Crippen LogP contribution >= 0.6 is 0 Å². The van der Waals surface area contributed by atoms with Crippen molar-refractivity contribution in [2.75, 3.05) is 6.54 Å². The van der Waals surface area contributed by atoms with Gasteiger partial charge in [0.05, 0.1) is 11.7 Å². The molecule has 2 aromatic carbocycles. The molecular formula is C26H23FN2O4S. The van der Waals surface area contributed by atoms with Crippen molar-refractivity contribution < 1.29 is 22.0 Å². The van der Waals surface area contributed by atoms with Crippen LogP contribution in [0.5, 0.6) is 0 Å². The van der Waals surface area contributed by atoms with Gasteiger partial charge in [-0.1, -0.05) is 30.3 Å². The third-order valence-electron chi connectivity index (χ3n) is 6.15. The number of ketones is 1. The standard InChI is InChI=1S/C26H23FN2O4S/c27-21-7-3-6-19(16-21)22-15-18(12-13-28-22)10-11-24(30)23-8-4-14-29(23)34(31,32)26-17-20-5-1-2-9-25(20)33-26/h1-3,5-7,9,12-13,15-17,23H,4,8,10-11,14H2/t23-/m0/s1. The van der Waals surface area contributed by atoms with Gasteiger partial charge in [-0.05, 0) is 55.2 Å². The lowest BCUT2D eigenvalue weighted by Crippen LogP contribution is -2.40. The molecule has 1 aliphatic heterocycles. The van der Waals surface area contributed by atoms with Crippen molar-refractivity contribution in [2.45, 2.75) is 36.8 Å². The molecule has 0 bridgehead atoms. The molecule has 34 heavy (non-hydrogen) atoms. The summed E-state index contributed by atoms with van der Waals surface area (Å²) >= 11 is 0. The van der Waals surface area contributed by atoms with Gasteiger partial charge in [-0.15, -0.1) is 0 Å². The van der Waals surface area contributed by atoms with Crippen LogP contribution in [0.1, 0.15) is 24.8 Å². The van der Waals surface area contributed by atoms with Crippen LogP contribution in [0, 0.1) is 5.82 Å². The summed E-state index contributed by atoms with van der Waals surface area (Å²) in [6, 6.07) is 17.7. The van der Waals surface area contributed by atoms with E-state index in [0.29, 0.717) is 41.5 Å². The number of halogens is 1. The molecule has 1 fully saturated rings. The maximum atomic E-state index is 13.6. The molecule has 0 saturated carbocycles. The van der Waals surface area contributed by atoms with Gasteiger partial charge in [0.1, 0.15) is 11.4 Å². The van der Waals surface area contributed by atoms with Gasteiger partial charge in [0.15, 0.2) is 5.78 Å². The predicted molar refractivity (Wildman–Crippen MR) is 126 cm³/mol. The van der Waals surface area contributed by atoms with E-state index in [-0.39, 0.29) is 29.7 Å². The van der Waals surface area contributed by atoms with Gasteiger partial charge in [-0.25, -0.2) is 12.8 Å². The summed E-state index contributed by atoms with van der Waals surface area (Å²) in [5, 5.41) is 0.567. The van der Waals surface area contributed by atoms with Crippen molar-refractivity contribution in [1.29, 1.82) is 0 Å². The van der Waals surface area contributed by atoms with Gasteiger partial charge in [-0.3, -0.25) is 9.78 Å².